The van der Waals surface area contributed by atoms with Crippen LogP contribution in [0.5, 0.6) is 0 Å². The van der Waals surface area contributed by atoms with Crippen molar-refractivity contribution in [2.75, 3.05) is 14.2 Å². The Hall–Kier alpha value is -2.12. The van der Waals surface area contributed by atoms with Gasteiger partial charge in [-0.25, -0.2) is 0 Å². The van der Waals surface area contributed by atoms with Gasteiger partial charge in [-0.2, -0.15) is 0 Å². The average Bonchev–Trinajstić information content (AvgIpc) is 2.43. The van der Waals surface area contributed by atoms with Crippen molar-refractivity contribution in [2.45, 2.75) is 26.8 Å². The van der Waals surface area contributed by atoms with Crippen molar-refractivity contribution in [2.24, 2.45) is 23.5 Å². The minimum absolute atomic E-state index is 0.381. The van der Waals surface area contributed by atoms with Crippen LogP contribution in [-0.4, -0.2) is 44.0 Å². The van der Waals surface area contributed by atoms with Crippen LogP contribution in [0, 0.1) is 17.8 Å². The molecule has 0 unspecified atom stereocenters. The van der Waals surface area contributed by atoms with Gasteiger partial charge in [0.25, 0.3) is 0 Å². The molecule has 2 amide bonds. The minimum atomic E-state index is -1.36. The third-order valence-corrected chi connectivity index (χ3v) is 3.09. The lowest BCUT2D eigenvalue weighted by Crippen LogP contribution is -2.53. The zero-order valence-corrected chi connectivity index (χ0v) is 12.8. The number of ether oxygens (including phenoxy) is 2. The normalized spacial score (nSPS) is 13.5. The van der Waals surface area contributed by atoms with Crippen molar-refractivity contribution < 1.29 is 28.7 Å². The minimum Gasteiger partial charge on any atom is -0.468 e. The van der Waals surface area contributed by atoms with Gasteiger partial charge in [-0.3, -0.25) is 19.2 Å². The zero-order chi connectivity index (χ0) is 16.7. The Morgan fingerprint density at radius 1 is 0.952 bits per heavy atom. The van der Waals surface area contributed by atoms with E-state index < -0.39 is 41.6 Å². The zero-order valence-electron chi connectivity index (χ0n) is 12.8. The Labute approximate surface area is 123 Å². The molecule has 3 N–H and O–H groups in total. The van der Waals surface area contributed by atoms with E-state index in [-0.39, 0.29) is 5.92 Å². The molecule has 0 fully saturated rings. The van der Waals surface area contributed by atoms with E-state index in [1.54, 1.807) is 13.8 Å². The summed E-state index contributed by atoms with van der Waals surface area (Å²) >= 11 is 0. The van der Waals surface area contributed by atoms with Crippen LogP contribution in [0.4, 0.5) is 0 Å². The van der Waals surface area contributed by atoms with E-state index in [9.17, 15) is 19.2 Å². The second-order valence-corrected chi connectivity index (χ2v) is 4.93. The number of esters is 2. The number of hydrogen-bond donors (Lipinski definition) is 2. The van der Waals surface area contributed by atoms with Gasteiger partial charge in [-0.1, -0.05) is 20.8 Å². The Bertz CT molecular complexity index is 405. The first-order chi connectivity index (χ1) is 9.67. The second kappa shape index (κ2) is 8.23. The number of primary amides is 1. The highest BCUT2D eigenvalue weighted by molar-refractivity contribution is 5.97. The molecule has 8 nitrogen and oxygen atoms in total. The number of rotatable bonds is 7. The molecule has 0 heterocycles. The predicted molar refractivity (Wildman–Crippen MR) is 72.6 cm³/mol. The highest BCUT2D eigenvalue weighted by Crippen LogP contribution is 2.19. The number of nitrogens with two attached hydrogens (primary N) is 1. The molecule has 0 aromatic heterocycles. The fraction of sp³-hybridized carbons (Fsp3) is 0.692. The molecule has 8 heteroatoms. The quantitative estimate of drug-likeness (QED) is 0.469. The maximum atomic E-state index is 11.7. The monoisotopic (exact) mass is 302 g/mol. The number of methoxy groups -OCH3 is 2. The van der Waals surface area contributed by atoms with Crippen LogP contribution in [0.15, 0.2) is 0 Å². The molecule has 0 radical (unpaired) electrons. The van der Waals surface area contributed by atoms with Gasteiger partial charge in [-0.15, -0.1) is 0 Å². The highest BCUT2D eigenvalue weighted by Gasteiger charge is 2.41. The summed E-state index contributed by atoms with van der Waals surface area (Å²) in [6.45, 7) is 4.71. The molecule has 0 aromatic rings. The molecule has 0 bridgehead atoms. The molecule has 0 aliphatic heterocycles. The Morgan fingerprint density at radius 2 is 1.38 bits per heavy atom. The Morgan fingerprint density at radius 3 is 1.67 bits per heavy atom. The van der Waals surface area contributed by atoms with E-state index in [0.29, 0.717) is 0 Å². The van der Waals surface area contributed by atoms with Crippen LogP contribution >= 0.6 is 0 Å². The summed E-state index contributed by atoms with van der Waals surface area (Å²) < 4.78 is 9.07. The molecule has 0 aliphatic rings. The van der Waals surface area contributed by atoms with E-state index in [1.807, 2.05) is 0 Å². The number of nitrogens with one attached hydrogen (secondary N) is 1. The van der Waals surface area contributed by atoms with Crippen molar-refractivity contribution in [1.82, 2.24) is 5.32 Å². The number of carbonyl (C=O) groups excluding carboxylic acids is 4. The van der Waals surface area contributed by atoms with Gasteiger partial charge in [0, 0.05) is 11.8 Å². The molecule has 0 aliphatic carbocycles. The van der Waals surface area contributed by atoms with E-state index in [2.05, 4.69) is 14.8 Å². The molecular weight excluding hydrogens is 280 g/mol. The first-order valence-corrected chi connectivity index (χ1v) is 6.42. The largest absolute Gasteiger partial charge is 0.468 e. The van der Waals surface area contributed by atoms with Crippen LogP contribution in [0.3, 0.4) is 0 Å². The van der Waals surface area contributed by atoms with E-state index in [1.165, 1.54) is 6.92 Å². The molecule has 0 saturated carbocycles. The maximum Gasteiger partial charge on any atom is 0.320 e. The first kappa shape index (κ1) is 18.9. The van der Waals surface area contributed by atoms with Gasteiger partial charge in [0.2, 0.25) is 11.8 Å². The van der Waals surface area contributed by atoms with Crippen molar-refractivity contribution in [1.29, 1.82) is 0 Å². The van der Waals surface area contributed by atoms with Gasteiger partial charge in [0.1, 0.15) is 6.04 Å². The van der Waals surface area contributed by atoms with Gasteiger partial charge in [-0.05, 0) is 0 Å². The number of hydrogen-bond acceptors (Lipinski definition) is 6. The lowest BCUT2D eigenvalue weighted by molar-refractivity contribution is -0.162. The van der Waals surface area contributed by atoms with Crippen molar-refractivity contribution in [3.63, 3.8) is 0 Å². The van der Waals surface area contributed by atoms with Gasteiger partial charge >= 0.3 is 11.9 Å². The van der Waals surface area contributed by atoms with Crippen molar-refractivity contribution in [3.8, 4) is 0 Å². The van der Waals surface area contributed by atoms with Crippen molar-refractivity contribution >= 4 is 23.8 Å². The number of carbonyl (C=O) groups is 4. The van der Waals surface area contributed by atoms with Crippen LogP contribution in [0.1, 0.15) is 20.8 Å². The molecule has 0 rings (SSSR count). The lowest BCUT2D eigenvalue weighted by Gasteiger charge is -2.27. The molecule has 0 saturated heterocycles. The molecule has 120 valence electrons. The summed E-state index contributed by atoms with van der Waals surface area (Å²) in [6.07, 6.45) is 0. The summed E-state index contributed by atoms with van der Waals surface area (Å²) in [5.41, 5.74) is 5.25. The average molecular weight is 302 g/mol. The van der Waals surface area contributed by atoms with E-state index >= 15 is 0 Å². The molecule has 0 aromatic carbocycles. The molecule has 21 heavy (non-hydrogen) atoms. The Kier molecular flexibility index (Phi) is 7.40. The molecule has 0 spiro atoms. The lowest BCUT2D eigenvalue weighted by atomic mass is 9.86. The maximum absolute atomic E-state index is 11.7. The second-order valence-electron chi connectivity index (χ2n) is 4.93. The summed E-state index contributed by atoms with van der Waals surface area (Å²) in [7, 11) is 2.22. The van der Waals surface area contributed by atoms with E-state index in [0.717, 1.165) is 14.2 Å². The van der Waals surface area contributed by atoms with Crippen LogP contribution in [-0.2, 0) is 28.7 Å². The summed E-state index contributed by atoms with van der Waals surface area (Å²) in [5, 5.41) is 2.43. The highest BCUT2D eigenvalue weighted by atomic mass is 16.5. The van der Waals surface area contributed by atoms with Crippen LogP contribution in [0.25, 0.3) is 0 Å². The van der Waals surface area contributed by atoms with E-state index in [4.69, 9.17) is 5.73 Å². The van der Waals surface area contributed by atoms with Gasteiger partial charge in [0.15, 0.2) is 5.92 Å². The SMILES string of the molecule is COC(=O)C(C(=O)OC)[C@@H](C)[C@H](NC(=O)C(C)C)C(N)=O. The molecular formula is C13H22N2O6. The van der Waals surface area contributed by atoms with Crippen LogP contribution < -0.4 is 11.1 Å². The summed E-state index contributed by atoms with van der Waals surface area (Å²) in [4.78, 5) is 46.7. The fourth-order valence-electron chi connectivity index (χ4n) is 1.75. The summed E-state index contributed by atoms with van der Waals surface area (Å²) in [5.74, 6) is -5.64. The summed E-state index contributed by atoms with van der Waals surface area (Å²) in [6, 6.07) is -1.19. The predicted octanol–water partition coefficient (Wildman–Crippen LogP) is -0.789. The van der Waals surface area contributed by atoms with Gasteiger partial charge < -0.3 is 20.5 Å². The topological polar surface area (TPSA) is 125 Å². The van der Waals surface area contributed by atoms with Crippen molar-refractivity contribution in [3.05, 3.63) is 0 Å². The third kappa shape index (κ3) is 5.05. The fourth-order valence-corrected chi connectivity index (χ4v) is 1.75. The standard InChI is InChI=1S/C13H22N2O6/c1-6(2)11(17)15-9(10(14)16)7(3)8(12(18)20-4)13(19)21-5/h6-9H,1-5H3,(H2,14,16)(H,15,17)/t7-,9+/m1/s1. The van der Waals surface area contributed by atoms with Crippen LogP contribution in [0.2, 0.25) is 0 Å². The first-order valence-electron chi connectivity index (χ1n) is 6.42. The Balaban J connectivity index is 5.36. The van der Waals surface area contributed by atoms with Gasteiger partial charge in [0.05, 0.1) is 14.2 Å². The third-order valence-electron chi connectivity index (χ3n) is 3.09. The molecule has 2 atom stereocenters. The smallest absolute Gasteiger partial charge is 0.320 e. The number of amides is 2.